The van der Waals surface area contributed by atoms with E-state index in [0.717, 1.165) is 0 Å². The number of allylic oxidation sites excluding steroid dienone is 1. The van der Waals surface area contributed by atoms with E-state index in [1.165, 1.54) is 0 Å². The number of fused-ring (bicyclic) bond motifs is 1. The highest BCUT2D eigenvalue weighted by Gasteiger charge is 2.78. The van der Waals surface area contributed by atoms with E-state index < -0.39 is 9.93 Å². The van der Waals surface area contributed by atoms with Crippen LogP contribution in [0.5, 0.6) is 0 Å². The van der Waals surface area contributed by atoms with Gasteiger partial charge in [-0.2, -0.15) is 0 Å². The first-order chi connectivity index (χ1) is 6.29. The summed E-state index contributed by atoms with van der Waals surface area (Å²) in [6.45, 7) is 1.91. The Balaban J connectivity index is 2.68. The van der Waals surface area contributed by atoms with Gasteiger partial charge in [-0.25, -0.2) is 0 Å². The van der Waals surface area contributed by atoms with E-state index in [1.807, 2.05) is 6.92 Å². The molecule has 14 heavy (non-hydrogen) atoms. The van der Waals surface area contributed by atoms with Gasteiger partial charge in [-0.3, -0.25) is 0 Å². The molecule has 78 valence electrons. The van der Waals surface area contributed by atoms with Gasteiger partial charge in [0.1, 0.15) is 15.7 Å². The number of hydrogen-bond donors (Lipinski definition) is 2. The first kappa shape index (κ1) is 11.6. The minimum Gasteiger partial charge on any atom is -0.506 e. The van der Waals surface area contributed by atoms with Gasteiger partial charge in [-0.05, 0) is 31.9 Å². The summed E-state index contributed by atoms with van der Waals surface area (Å²) in [6, 6.07) is 0. The van der Waals surface area contributed by atoms with Crippen LogP contribution < -0.4 is 0 Å². The van der Waals surface area contributed by atoms with E-state index in [-0.39, 0.29) is 11.7 Å². The van der Waals surface area contributed by atoms with Crippen LogP contribution in [-0.2, 0) is 0 Å². The maximum absolute atomic E-state index is 10.3. The fraction of sp³-hybridized carbons (Fsp3) is 0.500. The molecule has 2 N–H and O–H groups in total. The van der Waals surface area contributed by atoms with Crippen LogP contribution in [0.15, 0.2) is 19.2 Å². The number of alkyl halides is 1. The fourth-order valence-corrected chi connectivity index (χ4v) is 5.51. The summed E-state index contributed by atoms with van der Waals surface area (Å²) in [7, 11) is 0. The molecule has 0 aromatic heterocycles. The summed E-state index contributed by atoms with van der Waals surface area (Å²) in [6.07, 6.45) is 0. The van der Waals surface area contributed by atoms with Crippen LogP contribution in [0.4, 0.5) is 0 Å². The highest BCUT2D eigenvalue weighted by atomic mass is 79.9. The van der Waals surface area contributed by atoms with Gasteiger partial charge in [0.05, 0.1) is 8.96 Å². The van der Waals surface area contributed by atoms with Gasteiger partial charge < -0.3 is 10.2 Å². The maximum Gasteiger partial charge on any atom is 0.142 e. The van der Waals surface area contributed by atoms with E-state index in [4.69, 9.17) is 0 Å². The molecule has 2 nitrogen and oxygen atoms in total. The van der Waals surface area contributed by atoms with Crippen LogP contribution in [-0.4, -0.2) is 20.1 Å². The standard InChI is InChI=1S/C8H6Br4O2/c1-2-7(12)6(11)4(13)3(9)5(10)8(2,7)14/h2,13-14H,1H3. The zero-order valence-corrected chi connectivity index (χ0v) is 13.3. The van der Waals surface area contributed by atoms with Gasteiger partial charge in [0, 0.05) is 10.4 Å². The van der Waals surface area contributed by atoms with E-state index in [1.54, 1.807) is 0 Å². The molecule has 1 fully saturated rings. The molecule has 3 unspecified atom stereocenters. The van der Waals surface area contributed by atoms with E-state index >= 15 is 0 Å². The molecule has 0 radical (unpaired) electrons. The maximum atomic E-state index is 10.3. The topological polar surface area (TPSA) is 40.5 Å². The molecular formula is C8H6Br4O2. The lowest BCUT2D eigenvalue weighted by Crippen LogP contribution is -2.26. The monoisotopic (exact) mass is 450 g/mol. The molecule has 3 atom stereocenters. The van der Waals surface area contributed by atoms with E-state index in [0.29, 0.717) is 13.4 Å². The molecule has 6 heteroatoms. The Morgan fingerprint density at radius 1 is 1.21 bits per heavy atom. The van der Waals surface area contributed by atoms with Crippen LogP contribution in [0.3, 0.4) is 0 Å². The van der Waals surface area contributed by atoms with Crippen LogP contribution in [0.2, 0.25) is 0 Å². The molecule has 2 rings (SSSR count). The molecule has 0 amide bonds. The van der Waals surface area contributed by atoms with Crippen molar-refractivity contribution in [3.8, 4) is 0 Å². The molecular weight excluding hydrogens is 448 g/mol. The normalized spacial score (nSPS) is 46.9. The van der Waals surface area contributed by atoms with Gasteiger partial charge in [0.25, 0.3) is 0 Å². The van der Waals surface area contributed by atoms with Gasteiger partial charge in [-0.15, -0.1) is 0 Å². The van der Waals surface area contributed by atoms with Crippen molar-refractivity contribution in [3.05, 3.63) is 19.2 Å². The molecule has 0 bridgehead atoms. The van der Waals surface area contributed by atoms with Gasteiger partial charge in [-0.1, -0.05) is 38.8 Å². The number of rotatable bonds is 0. The minimum atomic E-state index is -0.975. The average Bonchev–Trinajstić information content (AvgIpc) is 2.61. The summed E-state index contributed by atoms with van der Waals surface area (Å²) >= 11 is 13.3. The summed E-state index contributed by atoms with van der Waals surface area (Å²) in [5, 5.41) is 20.1. The predicted molar refractivity (Wildman–Crippen MR) is 69.2 cm³/mol. The second-order valence-corrected chi connectivity index (χ2v) is 7.12. The zero-order valence-electron chi connectivity index (χ0n) is 6.98. The lowest BCUT2D eigenvalue weighted by Gasteiger charge is -2.22. The van der Waals surface area contributed by atoms with Crippen LogP contribution >= 0.6 is 63.7 Å². The molecule has 0 saturated heterocycles. The van der Waals surface area contributed by atoms with Gasteiger partial charge >= 0.3 is 0 Å². The van der Waals surface area contributed by atoms with Crippen LogP contribution in [0, 0.1) is 5.92 Å². The molecule has 0 aromatic rings. The van der Waals surface area contributed by atoms with Crippen molar-refractivity contribution in [3.63, 3.8) is 0 Å². The average molecular weight is 454 g/mol. The third kappa shape index (κ3) is 0.998. The third-order valence-electron chi connectivity index (χ3n) is 2.96. The van der Waals surface area contributed by atoms with Crippen molar-refractivity contribution in [1.82, 2.24) is 0 Å². The Labute approximate surface area is 115 Å². The largest absolute Gasteiger partial charge is 0.506 e. The highest BCUT2D eigenvalue weighted by Crippen LogP contribution is 2.73. The Hall–Kier alpha value is 1.16. The summed E-state index contributed by atoms with van der Waals surface area (Å²) in [4.78, 5) is 0. The van der Waals surface area contributed by atoms with Crippen LogP contribution in [0.1, 0.15) is 6.92 Å². The second kappa shape index (κ2) is 3.09. The number of aliphatic hydroxyl groups is 2. The van der Waals surface area contributed by atoms with Crippen molar-refractivity contribution in [2.75, 3.05) is 0 Å². The lowest BCUT2D eigenvalue weighted by molar-refractivity contribution is 0.175. The lowest BCUT2D eigenvalue weighted by atomic mass is 10.1. The van der Waals surface area contributed by atoms with Crippen molar-refractivity contribution < 1.29 is 10.2 Å². The van der Waals surface area contributed by atoms with Gasteiger partial charge in [0.15, 0.2) is 0 Å². The molecule has 1 saturated carbocycles. The first-order valence-electron chi connectivity index (χ1n) is 3.86. The number of hydrogen-bond acceptors (Lipinski definition) is 2. The highest BCUT2D eigenvalue weighted by molar-refractivity contribution is 9.15. The zero-order chi connectivity index (χ0) is 10.9. The summed E-state index contributed by atoms with van der Waals surface area (Å²) in [5.74, 6) is 0.110. The predicted octanol–water partition coefficient (Wildman–Crippen LogP) is 3.68. The summed E-state index contributed by atoms with van der Waals surface area (Å²) in [5.41, 5.74) is -0.975. The van der Waals surface area contributed by atoms with Crippen molar-refractivity contribution >= 4 is 63.7 Å². The molecule has 0 heterocycles. The van der Waals surface area contributed by atoms with Gasteiger partial charge in [0.2, 0.25) is 0 Å². The molecule has 2 aliphatic rings. The minimum absolute atomic E-state index is 0.00375. The van der Waals surface area contributed by atoms with Crippen molar-refractivity contribution in [1.29, 1.82) is 0 Å². The molecule has 0 spiro atoms. The van der Waals surface area contributed by atoms with Crippen LogP contribution in [0.25, 0.3) is 0 Å². The smallest absolute Gasteiger partial charge is 0.142 e. The number of aliphatic hydroxyl groups excluding tert-OH is 1. The summed E-state index contributed by atoms with van der Waals surface area (Å²) < 4.78 is 1.05. The van der Waals surface area contributed by atoms with E-state index in [9.17, 15) is 10.2 Å². The quantitative estimate of drug-likeness (QED) is 0.549. The number of halogens is 4. The Bertz CT molecular complexity index is 353. The van der Waals surface area contributed by atoms with E-state index in [2.05, 4.69) is 63.7 Å². The van der Waals surface area contributed by atoms with Crippen molar-refractivity contribution in [2.45, 2.75) is 16.8 Å². The molecule has 0 aliphatic heterocycles. The Kier molecular flexibility index (Phi) is 2.57. The van der Waals surface area contributed by atoms with Crippen molar-refractivity contribution in [2.24, 2.45) is 5.92 Å². The third-order valence-corrected chi connectivity index (χ3v) is 8.48. The first-order valence-corrected chi connectivity index (χ1v) is 7.03. The SMILES string of the molecule is CC1C2(O)C(Br)=C(Br)C(O)=C(Br)C12Br. The molecule has 0 aromatic carbocycles. The fourth-order valence-electron chi connectivity index (χ4n) is 1.85. The Morgan fingerprint density at radius 3 is 2.21 bits per heavy atom. The molecule has 2 aliphatic carbocycles. The second-order valence-electron chi connectivity index (χ2n) is 3.49. The Morgan fingerprint density at radius 2 is 1.71 bits per heavy atom.